The fourth-order valence-electron chi connectivity index (χ4n) is 3.54. The Balaban J connectivity index is 2.02. The first-order valence-electron chi connectivity index (χ1n) is 7.67. The van der Waals surface area contributed by atoms with Crippen molar-refractivity contribution in [3.63, 3.8) is 0 Å². The third kappa shape index (κ3) is 2.17. The van der Waals surface area contributed by atoms with Gasteiger partial charge in [-0.2, -0.15) is 0 Å². The molecule has 2 aliphatic rings. The molecule has 5 heteroatoms. The Labute approximate surface area is 140 Å². The van der Waals surface area contributed by atoms with Crippen LogP contribution in [0.1, 0.15) is 18.1 Å². The Hall–Kier alpha value is -1.88. The molecule has 0 radical (unpaired) electrons. The van der Waals surface area contributed by atoms with Crippen LogP contribution < -0.4 is 5.32 Å². The minimum absolute atomic E-state index is 0.0382. The van der Waals surface area contributed by atoms with Crippen LogP contribution in [-0.4, -0.2) is 30.0 Å². The van der Waals surface area contributed by atoms with Crippen molar-refractivity contribution in [2.75, 3.05) is 18.5 Å². The SMILES string of the molecule is CC1COC2(c3ccccc3)c3cc(Cl)ccc3NC(=O)CN12. The van der Waals surface area contributed by atoms with Crippen molar-refractivity contribution in [2.24, 2.45) is 0 Å². The third-order valence-electron chi connectivity index (χ3n) is 4.57. The van der Waals surface area contributed by atoms with E-state index in [9.17, 15) is 4.79 Å². The zero-order chi connectivity index (χ0) is 16.0. The van der Waals surface area contributed by atoms with Crippen LogP contribution in [0.15, 0.2) is 48.5 Å². The van der Waals surface area contributed by atoms with Crippen LogP contribution >= 0.6 is 11.6 Å². The zero-order valence-electron chi connectivity index (χ0n) is 12.8. The van der Waals surface area contributed by atoms with Crippen LogP contribution in [0.5, 0.6) is 0 Å². The number of anilines is 1. The number of carbonyl (C=O) groups is 1. The van der Waals surface area contributed by atoms with Crippen LogP contribution in [0.2, 0.25) is 5.02 Å². The number of hydrogen-bond acceptors (Lipinski definition) is 3. The predicted octanol–water partition coefficient (Wildman–Crippen LogP) is 3.21. The van der Waals surface area contributed by atoms with Crippen LogP contribution in [0.25, 0.3) is 0 Å². The van der Waals surface area contributed by atoms with Gasteiger partial charge in [-0.15, -0.1) is 0 Å². The Bertz CT molecular complexity index is 765. The normalized spacial score (nSPS) is 27.0. The number of ether oxygens (including phenoxy) is 1. The molecule has 4 nitrogen and oxygen atoms in total. The number of halogens is 1. The minimum Gasteiger partial charge on any atom is -0.350 e. The maximum atomic E-state index is 12.4. The van der Waals surface area contributed by atoms with E-state index in [4.69, 9.17) is 16.3 Å². The lowest BCUT2D eigenvalue weighted by atomic mass is 9.91. The van der Waals surface area contributed by atoms with E-state index in [1.807, 2.05) is 42.5 Å². The van der Waals surface area contributed by atoms with E-state index >= 15 is 0 Å². The second-order valence-electron chi connectivity index (χ2n) is 6.04. The molecule has 2 heterocycles. The van der Waals surface area contributed by atoms with Crippen molar-refractivity contribution >= 4 is 23.2 Å². The van der Waals surface area contributed by atoms with Gasteiger partial charge in [-0.05, 0) is 25.1 Å². The largest absolute Gasteiger partial charge is 0.350 e. The van der Waals surface area contributed by atoms with Crippen LogP contribution in [0.4, 0.5) is 5.69 Å². The lowest BCUT2D eigenvalue weighted by Crippen LogP contribution is -2.47. The fourth-order valence-corrected chi connectivity index (χ4v) is 3.72. The highest BCUT2D eigenvalue weighted by molar-refractivity contribution is 6.30. The molecule has 0 aromatic heterocycles. The fraction of sp³-hybridized carbons (Fsp3) is 0.278. The van der Waals surface area contributed by atoms with E-state index in [1.165, 1.54) is 0 Å². The molecule has 2 aromatic rings. The summed E-state index contributed by atoms with van der Waals surface area (Å²) in [6, 6.07) is 15.7. The van der Waals surface area contributed by atoms with Gasteiger partial charge in [-0.3, -0.25) is 9.69 Å². The molecule has 0 spiro atoms. The quantitative estimate of drug-likeness (QED) is 0.874. The molecule has 2 aromatic carbocycles. The van der Waals surface area contributed by atoms with Gasteiger partial charge < -0.3 is 10.1 Å². The standard InChI is InChI=1S/C18H17ClN2O2/c1-12-11-23-18(13-5-3-2-4-6-13)15-9-14(19)7-8-16(15)20-17(22)10-21(12)18/h2-9,12H,10-11H2,1H3,(H,20,22). The summed E-state index contributed by atoms with van der Waals surface area (Å²) in [6.07, 6.45) is 0. The number of benzene rings is 2. The van der Waals surface area contributed by atoms with Crippen LogP contribution in [-0.2, 0) is 15.3 Å². The number of nitrogens with one attached hydrogen (secondary N) is 1. The van der Waals surface area contributed by atoms with Crippen LogP contribution in [0, 0.1) is 0 Å². The monoisotopic (exact) mass is 328 g/mol. The highest BCUT2D eigenvalue weighted by Gasteiger charge is 2.52. The lowest BCUT2D eigenvalue weighted by molar-refractivity contribution is -0.121. The topological polar surface area (TPSA) is 41.6 Å². The Kier molecular flexibility index (Phi) is 3.41. The average molecular weight is 329 g/mol. The van der Waals surface area contributed by atoms with E-state index < -0.39 is 5.72 Å². The summed E-state index contributed by atoms with van der Waals surface area (Å²) in [5.74, 6) is -0.0382. The molecule has 0 saturated carbocycles. The summed E-state index contributed by atoms with van der Waals surface area (Å²) in [4.78, 5) is 14.5. The summed E-state index contributed by atoms with van der Waals surface area (Å²) in [5.41, 5.74) is 1.84. The smallest absolute Gasteiger partial charge is 0.238 e. The van der Waals surface area contributed by atoms with Gasteiger partial charge in [0.1, 0.15) is 0 Å². The summed E-state index contributed by atoms with van der Waals surface area (Å²) < 4.78 is 6.33. The molecule has 2 atom stereocenters. The van der Waals surface area contributed by atoms with E-state index in [-0.39, 0.29) is 18.5 Å². The number of amides is 1. The summed E-state index contributed by atoms with van der Waals surface area (Å²) in [6.45, 7) is 2.92. The molecule has 2 unspecified atom stereocenters. The summed E-state index contributed by atoms with van der Waals surface area (Å²) in [5, 5.41) is 3.60. The predicted molar refractivity (Wildman–Crippen MR) is 89.4 cm³/mol. The molecular weight excluding hydrogens is 312 g/mol. The molecular formula is C18H17ClN2O2. The molecule has 1 saturated heterocycles. The first-order chi connectivity index (χ1) is 11.1. The van der Waals surface area contributed by atoms with E-state index in [0.717, 1.165) is 16.8 Å². The van der Waals surface area contributed by atoms with E-state index in [2.05, 4.69) is 17.1 Å². The van der Waals surface area contributed by atoms with Gasteiger partial charge in [0.25, 0.3) is 0 Å². The van der Waals surface area contributed by atoms with Crippen molar-refractivity contribution in [2.45, 2.75) is 18.7 Å². The van der Waals surface area contributed by atoms with Crippen molar-refractivity contribution in [3.05, 3.63) is 64.7 Å². The molecule has 0 aliphatic carbocycles. The highest BCUT2D eigenvalue weighted by Crippen LogP contribution is 2.47. The van der Waals surface area contributed by atoms with Crippen molar-refractivity contribution < 1.29 is 9.53 Å². The van der Waals surface area contributed by atoms with Crippen molar-refractivity contribution in [1.29, 1.82) is 0 Å². The second-order valence-corrected chi connectivity index (χ2v) is 6.47. The maximum absolute atomic E-state index is 12.4. The lowest BCUT2D eigenvalue weighted by Gasteiger charge is -2.38. The summed E-state index contributed by atoms with van der Waals surface area (Å²) >= 11 is 6.26. The molecule has 118 valence electrons. The molecule has 2 aliphatic heterocycles. The second kappa shape index (κ2) is 5.34. The molecule has 4 rings (SSSR count). The van der Waals surface area contributed by atoms with Gasteiger partial charge >= 0.3 is 0 Å². The highest BCUT2D eigenvalue weighted by atomic mass is 35.5. The van der Waals surface area contributed by atoms with Gasteiger partial charge in [0, 0.05) is 27.9 Å². The first-order valence-corrected chi connectivity index (χ1v) is 8.05. The summed E-state index contributed by atoms with van der Waals surface area (Å²) in [7, 11) is 0. The van der Waals surface area contributed by atoms with Crippen LogP contribution in [0.3, 0.4) is 0 Å². The Morgan fingerprint density at radius 2 is 2.04 bits per heavy atom. The van der Waals surface area contributed by atoms with Crippen molar-refractivity contribution in [1.82, 2.24) is 4.90 Å². The zero-order valence-corrected chi connectivity index (χ0v) is 13.5. The Morgan fingerprint density at radius 3 is 2.83 bits per heavy atom. The molecule has 1 fully saturated rings. The van der Waals surface area contributed by atoms with Gasteiger partial charge in [-0.1, -0.05) is 41.9 Å². The van der Waals surface area contributed by atoms with Gasteiger partial charge in [-0.25, -0.2) is 0 Å². The van der Waals surface area contributed by atoms with E-state index in [0.29, 0.717) is 11.6 Å². The van der Waals surface area contributed by atoms with Gasteiger partial charge in [0.15, 0.2) is 5.72 Å². The Morgan fingerprint density at radius 1 is 1.26 bits per heavy atom. The average Bonchev–Trinajstić information content (AvgIpc) is 2.81. The number of fused-ring (bicyclic) bond motifs is 3. The van der Waals surface area contributed by atoms with E-state index in [1.54, 1.807) is 6.07 Å². The minimum atomic E-state index is -0.792. The molecule has 23 heavy (non-hydrogen) atoms. The first kappa shape index (κ1) is 14.7. The van der Waals surface area contributed by atoms with Crippen molar-refractivity contribution in [3.8, 4) is 0 Å². The number of nitrogens with zero attached hydrogens (tertiary/aromatic N) is 1. The molecule has 1 amide bonds. The third-order valence-corrected chi connectivity index (χ3v) is 4.80. The van der Waals surface area contributed by atoms with Gasteiger partial charge in [0.05, 0.1) is 13.2 Å². The molecule has 0 bridgehead atoms. The number of carbonyl (C=O) groups excluding carboxylic acids is 1. The van der Waals surface area contributed by atoms with Gasteiger partial charge in [0.2, 0.25) is 5.91 Å². The number of hydrogen-bond donors (Lipinski definition) is 1. The number of rotatable bonds is 1. The maximum Gasteiger partial charge on any atom is 0.238 e. The molecule has 1 N–H and O–H groups in total.